The van der Waals surface area contributed by atoms with Crippen LogP contribution in [0.5, 0.6) is 0 Å². The Morgan fingerprint density at radius 3 is 2.92 bits per heavy atom. The van der Waals surface area contributed by atoms with Crippen molar-refractivity contribution < 1.29 is 4.84 Å². The SMILES string of the molecule is CO/N=C(\Br)[C@H]1CN2CC[C@H]1C2. The molecular weight excluding hydrogens is 220 g/mol. The lowest BCUT2D eigenvalue weighted by Crippen LogP contribution is -2.27. The molecule has 0 spiro atoms. The fourth-order valence-corrected chi connectivity index (χ4v) is 2.87. The molecule has 12 heavy (non-hydrogen) atoms. The van der Waals surface area contributed by atoms with Crippen LogP contribution in [0.4, 0.5) is 0 Å². The van der Waals surface area contributed by atoms with Gasteiger partial charge in [0.05, 0.1) is 0 Å². The highest BCUT2D eigenvalue weighted by Crippen LogP contribution is 2.34. The van der Waals surface area contributed by atoms with Gasteiger partial charge in [-0.3, -0.25) is 0 Å². The van der Waals surface area contributed by atoms with Crippen LogP contribution >= 0.6 is 15.9 Å². The molecule has 1 unspecified atom stereocenters. The van der Waals surface area contributed by atoms with E-state index < -0.39 is 0 Å². The van der Waals surface area contributed by atoms with E-state index in [0.29, 0.717) is 5.92 Å². The topological polar surface area (TPSA) is 24.8 Å². The summed E-state index contributed by atoms with van der Waals surface area (Å²) in [5.74, 6) is 1.39. The van der Waals surface area contributed by atoms with Gasteiger partial charge in [-0.1, -0.05) is 5.16 Å². The highest BCUT2D eigenvalue weighted by Gasteiger charge is 2.40. The molecular formula is C8H13BrN2O. The largest absolute Gasteiger partial charge is 0.398 e. The minimum Gasteiger partial charge on any atom is -0.398 e. The van der Waals surface area contributed by atoms with Crippen molar-refractivity contribution >= 4 is 20.6 Å². The van der Waals surface area contributed by atoms with Crippen molar-refractivity contribution in [2.24, 2.45) is 17.0 Å². The number of oxime groups is 1. The van der Waals surface area contributed by atoms with Gasteiger partial charge in [-0.2, -0.15) is 0 Å². The Kier molecular flexibility index (Phi) is 2.37. The van der Waals surface area contributed by atoms with Gasteiger partial charge in [0.25, 0.3) is 0 Å². The Bertz CT molecular complexity index is 207. The van der Waals surface area contributed by atoms with Crippen LogP contribution in [0.15, 0.2) is 5.16 Å². The monoisotopic (exact) mass is 232 g/mol. The van der Waals surface area contributed by atoms with Gasteiger partial charge in [0.15, 0.2) is 0 Å². The second kappa shape index (κ2) is 3.34. The van der Waals surface area contributed by atoms with E-state index in [-0.39, 0.29) is 0 Å². The maximum atomic E-state index is 4.75. The van der Waals surface area contributed by atoms with Gasteiger partial charge in [0.1, 0.15) is 11.7 Å². The number of rotatable bonds is 2. The van der Waals surface area contributed by atoms with Crippen molar-refractivity contribution in [3.05, 3.63) is 0 Å². The number of hydrogen-bond acceptors (Lipinski definition) is 3. The molecule has 3 nitrogen and oxygen atoms in total. The summed E-state index contributed by atoms with van der Waals surface area (Å²) in [6, 6.07) is 0. The highest BCUT2D eigenvalue weighted by atomic mass is 79.9. The van der Waals surface area contributed by atoms with Crippen molar-refractivity contribution in [2.75, 3.05) is 26.7 Å². The molecule has 0 amide bonds. The van der Waals surface area contributed by atoms with Crippen molar-refractivity contribution in [3.63, 3.8) is 0 Å². The molecule has 0 radical (unpaired) electrons. The number of piperidine rings is 1. The summed E-state index contributed by atoms with van der Waals surface area (Å²) in [4.78, 5) is 7.23. The van der Waals surface area contributed by atoms with Crippen molar-refractivity contribution in [1.29, 1.82) is 0 Å². The van der Waals surface area contributed by atoms with Gasteiger partial charge >= 0.3 is 0 Å². The van der Waals surface area contributed by atoms with Crippen LogP contribution in [0.1, 0.15) is 6.42 Å². The smallest absolute Gasteiger partial charge is 0.127 e. The predicted molar refractivity (Wildman–Crippen MR) is 51.4 cm³/mol. The first kappa shape index (κ1) is 8.51. The van der Waals surface area contributed by atoms with Gasteiger partial charge in [-0.05, 0) is 34.8 Å². The molecule has 0 N–H and O–H groups in total. The third-order valence-electron chi connectivity index (χ3n) is 2.82. The molecule has 2 heterocycles. The first-order chi connectivity index (χ1) is 5.81. The van der Waals surface area contributed by atoms with Gasteiger partial charge < -0.3 is 9.74 Å². The Morgan fingerprint density at radius 2 is 2.42 bits per heavy atom. The molecule has 2 aliphatic heterocycles. The van der Waals surface area contributed by atoms with Gasteiger partial charge in [0, 0.05) is 19.0 Å². The van der Waals surface area contributed by atoms with E-state index >= 15 is 0 Å². The summed E-state index contributed by atoms with van der Waals surface area (Å²) in [5, 5.41) is 3.93. The Labute approximate surface area is 80.9 Å². The Hall–Kier alpha value is -0.0900. The normalized spacial score (nSPS) is 40.5. The minimum absolute atomic E-state index is 0.582. The van der Waals surface area contributed by atoms with Crippen LogP contribution in [0.3, 0.4) is 0 Å². The highest BCUT2D eigenvalue weighted by molar-refractivity contribution is 9.18. The van der Waals surface area contributed by atoms with Crippen LogP contribution < -0.4 is 0 Å². The third-order valence-corrected chi connectivity index (χ3v) is 3.55. The summed E-state index contributed by atoms with van der Waals surface area (Å²) < 4.78 is 0.984. The summed E-state index contributed by atoms with van der Waals surface area (Å²) in [6.07, 6.45) is 1.32. The zero-order valence-electron chi connectivity index (χ0n) is 7.16. The van der Waals surface area contributed by atoms with E-state index in [1.165, 1.54) is 19.5 Å². The zero-order chi connectivity index (χ0) is 8.55. The lowest BCUT2D eigenvalue weighted by atomic mass is 9.94. The maximum Gasteiger partial charge on any atom is 0.127 e. The average Bonchev–Trinajstić information content (AvgIpc) is 2.64. The van der Waals surface area contributed by atoms with Gasteiger partial charge in [-0.15, -0.1) is 0 Å². The summed E-state index contributed by atoms with van der Waals surface area (Å²) in [7, 11) is 1.59. The molecule has 2 fully saturated rings. The number of nitrogens with zero attached hydrogens (tertiary/aromatic N) is 2. The van der Waals surface area contributed by atoms with E-state index in [0.717, 1.165) is 17.1 Å². The van der Waals surface area contributed by atoms with Crippen LogP contribution in [0, 0.1) is 11.8 Å². The standard InChI is InChI=1S/C8H13BrN2O/c1-12-10-8(9)7-5-11-3-2-6(7)4-11/h6-7H,2-5H2,1H3/b10-8-/t6-,7-/m0/s1. The molecule has 0 aromatic heterocycles. The first-order valence-electron chi connectivity index (χ1n) is 4.30. The van der Waals surface area contributed by atoms with Crippen molar-refractivity contribution in [3.8, 4) is 0 Å². The molecule has 3 atom stereocenters. The van der Waals surface area contributed by atoms with Crippen LogP contribution in [-0.4, -0.2) is 36.3 Å². The van der Waals surface area contributed by atoms with E-state index in [9.17, 15) is 0 Å². The Balaban J connectivity index is 2.02. The maximum absolute atomic E-state index is 4.75. The molecule has 0 aromatic carbocycles. The fourth-order valence-electron chi connectivity index (χ4n) is 2.21. The molecule has 0 aromatic rings. The van der Waals surface area contributed by atoms with Crippen molar-refractivity contribution in [1.82, 2.24) is 4.90 Å². The zero-order valence-corrected chi connectivity index (χ0v) is 8.75. The second-order valence-electron chi connectivity index (χ2n) is 3.51. The van der Waals surface area contributed by atoms with E-state index in [1.807, 2.05) is 0 Å². The van der Waals surface area contributed by atoms with Gasteiger partial charge in [-0.25, -0.2) is 0 Å². The number of fused-ring (bicyclic) bond motifs is 2. The minimum atomic E-state index is 0.582. The average molecular weight is 233 g/mol. The molecule has 2 saturated heterocycles. The first-order valence-corrected chi connectivity index (χ1v) is 5.09. The van der Waals surface area contributed by atoms with Crippen LogP contribution in [-0.2, 0) is 4.84 Å². The number of hydrogen-bond donors (Lipinski definition) is 0. The fraction of sp³-hybridized carbons (Fsp3) is 0.875. The van der Waals surface area contributed by atoms with E-state index in [1.54, 1.807) is 7.11 Å². The lowest BCUT2D eigenvalue weighted by molar-refractivity contribution is 0.211. The summed E-state index contributed by atoms with van der Waals surface area (Å²) >= 11 is 3.46. The number of halogens is 1. The molecule has 2 rings (SSSR count). The van der Waals surface area contributed by atoms with Crippen LogP contribution in [0.2, 0.25) is 0 Å². The van der Waals surface area contributed by atoms with Crippen molar-refractivity contribution in [2.45, 2.75) is 6.42 Å². The molecule has 2 aliphatic rings. The van der Waals surface area contributed by atoms with E-state index in [4.69, 9.17) is 4.84 Å². The molecule has 68 valence electrons. The lowest BCUT2D eigenvalue weighted by Gasteiger charge is -2.19. The van der Waals surface area contributed by atoms with E-state index in [2.05, 4.69) is 26.0 Å². The molecule has 4 heteroatoms. The quantitative estimate of drug-likeness (QED) is 0.530. The third kappa shape index (κ3) is 1.38. The summed E-state index contributed by atoms with van der Waals surface area (Å²) in [6.45, 7) is 3.67. The molecule has 2 bridgehead atoms. The summed E-state index contributed by atoms with van der Waals surface area (Å²) in [5.41, 5.74) is 0. The Morgan fingerprint density at radius 1 is 1.58 bits per heavy atom. The van der Waals surface area contributed by atoms with Gasteiger partial charge in [0.2, 0.25) is 0 Å². The predicted octanol–water partition coefficient (Wildman–Crippen LogP) is 1.29. The molecule has 0 saturated carbocycles. The molecule has 0 aliphatic carbocycles. The second-order valence-corrected chi connectivity index (χ2v) is 4.32. The van der Waals surface area contributed by atoms with Crippen LogP contribution in [0.25, 0.3) is 0 Å².